The third kappa shape index (κ3) is 2.87. The summed E-state index contributed by atoms with van der Waals surface area (Å²) >= 11 is 0. The van der Waals surface area contributed by atoms with Crippen LogP contribution in [0.1, 0.15) is 58.3 Å². The van der Waals surface area contributed by atoms with Crippen LogP contribution in [0.3, 0.4) is 0 Å². The van der Waals surface area contributed by atoms with Gasteiger partial charge in [0, 0.05) is 12.1 Å². The number of nitrogens with zero attached hydrogens (tertiary/aromatic N) is 1. The van der Waals surface area contributed by atoms with E-state index in [2.05, 4.69) is 18.9 Å². The largest absolute Gasteiger partial charge is 0.481 e. The first-order valence-corrected chi connectivity index (χ1v) is 7.58. The fourth-order valence-corrected chi connectivity index (χ4v) is 3.92. The molecule has 0 heterocycles. The van der Waals surface area contributed by atoms with E-state index in [0.29, 0.717) is 6.04 Å². The third-order valence-corrected chi connectivity index (χ3v) is 5.24. The van der Waals surface area contributed by atoms with Crippen LogP contribution in [0, 0.1) is 11.8 Å². The molecule has 3 unspecified atom stereocenters. The molecule has 2 aliphatic carbocycles. The highest BCUT2D eigenvalue weighted by Gasteiger charge is 2.39. The summed E-state index contributed by atoms with van der Waals surface area (Å²) in [6.45, 7) is 2.23. The molecule has 0 spiro atoms. The predicted molar refractivity (Wildman–Crippen MR) is 72.6 cm³/mol. The second-order valence-corrected chi connectivity index (χ2v) is 6.20. The molecular weight excluding hydrogens is 226 g/mol. The van der Waals surface area contributed by atoms with Gasteiger partial charge in [-0.05, 0) is 45.1 Å². The van der Waals surface area contributed by atoms with Crippen LogP contribution in [-0.2, 0) is 4.79 Å². The lowest BCUT2D eigenvalue weighted by atomic mass is 9.76. The van der Waals surface area contributed by atoms with Crippen molar-refractivity contribution >= 4 is 5.97 Å². The fourth-order valence-electron chi connectivity index (χ4n) is 3.92. The Morgan fingerprint density at radius 2 is 1.89 bits per heavy atom. The van der Waals surface area contributed by atoms with Crippen molar-refractivity contribution in [2.24, 2.45) is 11.8 Å². The maximum atomic E-state index is 11.5. The molecule has 0 bridgehead atoms. The summed E-state index contributed by atoms with van der Waals surface area (Å²) in [5, 5.41) is 9.43. The van der Waals surface area contributed by atoms with E-state index in [1.165, 1.54) is 32.1 Å². The van der Waals surface area contributed by atoms with E-state index >= 15 is 0 Å². The molecular formula is C15H27NO2. The summed E-state index contributed by atoms with van der Waals surface area (Å²) in [5.74, 6) is 0.00672. The zero-order valence-electron chi connectivity index (χ0n) is 11.8. The van der Waals surface area contributed by atoms with Crippen LogP contribution in [0.25, 0.3) is 0 Å². The van der Waals surface area contributed by atoms with Crippen molar-refractivity contribution in [1.82, 2.24) is 4.90 Å². The molecule has 3 heteroatoms. The number of carbonyl (C=O) groups is 1. The number of aliphatic carboxylic acids is 1. The van der Waals surface area contributed by atoms with Crippen LogP contribution in [0.2, 0.25) is 0 Å². The van der Waals surface area contributed by atoms with Gasteiger partial charge in [0.15, 0.2) is 0 Å². The summed E-state index contributed by atoms with van der Waals surface area (Å²) in [7, 11) is 2.16. The Morgan fingerprint density at radius 1 is 1.22 bits per heavy atom. The van der Waals surface area contributed by atoms with Crippen molar-refractivity contribution in [2.75, 3.05) is 7.05 Å². The summed E-state index contributed by atoms with van der Waals surface area (Å²) in [4.78, 5) is 13.9. The molecule has 0 aromatic rings. The topological polar surface area (TPSA) is 40.5 Å². The first kappa shape index (κ1) is 13.9. The van der Waals surface area contributed by atoms with E-state index in [1.807, 2.05) is 0 Å². The molecule has 18 heavy (non-hydrogen) atoms. The number of rotatable bonds is 4. The third-order valence-electron chi connectivity index (χ3n) is 5.24. The van der Waals surface area contributed by atoms with Crippen molar-refractivity contribution in [3.8, 4) is 0 Å². The molecule has 2 saturated carbocycles. The van der Waals surface area contributed by atoms with Crippen LogP contribution < -0.4 is 0 Å². The van der Waals surface area contributed by atoms with Crippen LogP contribution in [0.5, 0.6) is 0 Å². The van der Waals surface area contributed by atoms with Gasteiger partial charge in [0.05, 0.1) is 5.92 Å². The van der Waals surface area contributed by atoms with Gasteiger partial charge in [-0.1, -0.05) is 26.2 Å². The predicted octanol–water partition coefficient (Wildman–Crippen LogP) is 3.14. The normalized spacial score (nSPS) is 34.1. The van der Waals surface area contributed by atoms with Gasteiger partial charge in [0.2, 0.25) is 0 Å². The standard InChI is InChI=1S/C15H27NO2/c1-3-11-8-9-13(15(17)18)14(10-11)16(2)12-6-4-5-7-12/h11-14H,3-10H2,1-2H3,(H,17,18). The molecule has 2 aliphatic rings. The van der Waals surface area contributed by atoms with Crippen molar-refractivity contribution in [3.63, 3.8) is 0 Å². The average molecular weight is 253 g/mol. The molecule has 2 fully saturated rings. The van der Waals surface area contributed by atoms with Crippen molar-refractivity contribution in [2.45, 2.75) is 70.4 Å². The number of hydrogen-bond donors (Lipinski definition) is 1. The minimum Gasteiger partial charge on any atom is -0.481 e. The molecule has 104 valence electrons. The highest BCUT2D eigenvalue weighted by atomic mass is 16.4. The molecule has 0 radical (unpaired) electrons. The Hall–Kier alpha value is -0.570. The summed E-state index contributed by atoms with van der Waals surface area (Å²) in [6, 6.07) is 0.900. The smallest absolute Gasteiger partial charge is 0.308 e. The van der Waals surface area contributed by atoms with E-state index < -0.39 is 5.97 Å². The summed E-state index contributed by atoms with van der Waals surface area (Å²) < 4.78 is 0. The number of carboxylic acid groups (broad SMARTS) is 1. The average Bonchev–Trinajstić information content (AvgIpc) is 2.90. The number of carboxylic acids is 1. The Bertz CT molecular complexity index is 286. The Morgan fingerprint density at radius 3 is 2.44 bits per heavy atom. The highest BCUT2D eigenvalue weighted by molar-refractivity contribution is 5.71. The zero-order valence-corrected chi connectivity index (χ0v) is 11.8. The lowest BCUT2D eigenvalue weighted by Gasteiger charge is -2.42. The Kier molecular flexibility index (Phi) is 4.66. The van der Waals surface area contributed by atoms with E-state index in [4.69, 9.17) is 0 Å². The summed E-state index contributed by atoms with van der Waals surface area (Å²) in [6.07, 6.45) is 9.40. The molecule has 1 N–H and O–H groups in total. The molecule has 0 aromatic carbocycles. The van der Waals surface area contributed by atoms with Crippen LogP contribution in [0.4, 0.5) is 0 Å². The van der Waals surface area contributed by atoms with Gasteiger partial charge in [-0.15, -0.1) is 0 Å². The first-order valence-electron chi connectivity index (χ1n) is 7.58. The molecule has 3 atom stereocenters. The van der Waals surface area contributed by atoms with Gasteiger partial charge < -0.3 is 5.11 Å². The minimum absolute atomic E-state index is 0.140. The second kappa shape index (κ2) is 6.05. The van der Waals surface area contributed by atoms with E-state index in [-0.39, 0.29) is 12.0 Å². The fraction of sp³-hybridized carbons (Fsp3) is 0.933. The van der Waals surface area contributed by atoms with Crippen LogP contribution >= 0.6 is 0 Å². The van der Waals surface area contributed by atoms with Crippen LogP contribution in [-0.4, -0.2) is 35.1 Å². The molecule has 0 saturated heterocycles. The zero-order chi connectivity index (χ0) is 13.1. The number of hydrogen-bond acceptors (Lipinski definition) is 2. The minimum atomic E-state index is -0.584. The van der Waals surface area contributed by atoms with E-state index in [0.717, 1.165) is 25.2 Å². The maximum absolute atomic E-state index is 11.5. The Balaban J connectivity index is 2.05. The van der Waals surface area contributed by atoms with Crippen LogP contribution in [0.15, 0.2) is 0 Å². The highest BCUT2D eigenvalue weighted by Crippen LogP contribution is 2.36. The molecule has 0 amide bonds. The SMILES string of the molecule is CCC1CCC(C(=O)O)C(N(C)C2CCCC2)C1. The first-order chi connectivity index (χ1) is 8.63. The van der Waals surface area contributed by atoms with Crippen molar-refractivity contribution in [1.29, 1.82) is 0 Å². The van der Waals surface area contributed by atoms with Gasteiger partial charge >= 0.3 is 5.97 Å². The molecule has 0 aliphatic heterocycles. The van der Waals surface area contributed by atoms with Crippen molar-refractivity contribution < 1.29 is 9.90 Å². The quantitative estimate of drug-likeness (QED) is 0.836. The van der Waals surface area contributed by atoms with Gasteiger partial charge in [0.1, 0.15) is 0 Å². The van der Waals surface area contributed by atoms with E-state index in [9.17, 15) is 9.90 Å². The molecule has 3 nitrogen and oxygen atoms in total. The van der Waals surface area contributed by atoms with Gasteiger partial charge in [-0.25, -0.2) is 0 Å². The lowest BCUT2D eigenvalue weighted by molar-refractivity contribution is -0.146. The van der Waals surface area contributed by atoms with Gasteiger partial charge in [-0.3, -0.25) is 9.69 Å². The molecule has 2 rings (SSSR count). The molecule has 0 aromatic heterocycles. The lowest BCUT2D eigenvalue weighted by Crippen LogP contribution is -2.48. The summed E-state index contributed by atoms with van der Waals surface area (Å²) in [5.41, 5.74) is 0. The van der Waals surface area contributed by atoms with Gasteiger partial charge in [0.25, 0.3) is 0 Å². The van der Waals surface area contributed by atoms with Gasteiger partial charge in [-0.2, -0.15) is 0 Å². The van der Waals surface area contributed by atoms with E-state index in [1.54, 1.807) is 0 Å². The Labute approximate surface area is 111 Å². The van der Waals surface area contributed by atoms with Crippen molar-refractivity contribution in [3.05, 3.63) is 0 Å². The monoisotopic (exact) mass is 253 g/mol. The maximum Gasteiger partial charge on any atom is 0.308 e. The second-order valence-electron chi connectivity index (χ2n) is 6.20.